The van der Waals surface area contributed by atoms with Gasteiger partial charge in [0.2, 0.25) is 11.6 Å². The molecule has 0 radical (unpaired) electrons. The van der Waals surface area contributed by atoms with Crippen LogP contribution in [0.5, 0.6) is 0 Å². The van der Waals surface area contributed by atoms with E-state index in [9.17, 15) is 0 Å². The normalized spacial score (nSPS) is 12.2. The zero-order valence-corrected chi connectivity index (χ0v) is 33.2. The second-order valence-electron chi connectivity index (χ2n) is 16.0. The van der Waals surface area contributed by atoms with Crippen LogP contribution in [0.3, 0.4) is 0 Å². The van der Waals surface area contributed by atoms with E-state index in [0.717, 1.165) is 112 Å². The fourth-order valence-electron chi connectivity index (χ4n) is 10.0. The van der Waals surface area contributed by atoms with Crippen LogP contribution in [0.25, 0.3) is 112 Å². The summed E-state index contributed by atoms with van der Waals surface area (Å²) in [6.07, 6.45) is 0. The lowest BCUT2D eigenvalue weighted by atomic mass is 10.0. The number of para-hydroxylation sites is 6. The molecule has 0 amide bonds. The first-order valence-corrected chi connectivity index (χ1v) is 20.9. The molecular weight excluding hydrogens is 761 g/mol. The van der Waals surface area contributed by atoms with Gasteiger partial charge in [-0.25, -0.2) is 0 Å². The van der Waals surface area contributed by atoms with Crippen molar-refractivity contribution >= 4 is 77.8 Å². The van der Waals surface area contributed by atoms with E-state index >= 15 is 0 Å². The summed E-state index contributed by atoms with van der Waals surface area (Å²) in [5.74, 6) is 1.74. The molecule has 0 aliphatic carbocycles. The van der Waals surface area contributed by atoms with E-state index in [4.69, 9.17) is 9.97 Å². The maximum absolute atomic E-state index is 5.49. The van der Waals surface area contributed by atoms with E-state index in [1.54, 1.807) is 0 Å². The van der Waals surface area contributed by atoms with E-state index in [0.29, 0.717) is 0 Å². The minimum Gasteiger partial charge on any atom is -0.292 e. The molecule has 0 spiro atoms. The van der Waals surface area contributed by atoms with Crippen molar-refractivity contribution in [3.05, 3.63) is 206 Å². The molecule has 8 aromatic carbocycles. The molecule has 8 nitrogen and oxygen atoms in total. The number of imidazole rings is 4. The van der Waals surface area contributed by atoms with E-state index in [-0.39, 0.29) is 0 Å². The Hall–Kier alpha value is -8.62. The van der Waals surface area contributed by atoms with Crippen LogP contribution in [0.1, 0.15) is 0 Å². The van der Waals surface area contributed by atoms with Crippen molar-refractivity contribution in [1.82, 2.24) is 37.0 Å². The minimum atomic E-state index is 0.872. The molecule has 6 heterocycles. The SMILES string of the molecule is c1ccc(-n2c3ccccc3c3c2nc2n(-c4ccccc4)c4cc(-c5ccc6c(c5)n(-c5ccccc5)c5nc7c(c8ccccc8n7-c7ccccc7)n65)ccc4n32)cc1. The van der Waals surface area contributed by atoms with Crippen molar-refractivity contribution in [3.63, 3.8) is 0 Å². The minimum absolute atomic E-state index is 0.872. The summed E-state index contributed by atoms with van der Waals surface area (Å²) >= 11 is 0. The van der Waals surface area contributed by atoms with Crippen LogP contribution in [-0.4, -0.2) is 37.0 Å². The average molecular weight is 795 g/mol. The standard InChI is InChI=1S/C54H34N8/c1-5-17-37(18-6-1)57-43-27-15-13-25-41(43)49-51(57)55-53-59(39-21-9-3-10-22-39)47-33-35(29-31-45(47)61(49)53)36-30-32-46-48(34-36)60(40-23-11-4-12-24-40)54-56-52-50(62(46)54)42-26-14-16-28-44(42)58(52)38-19-7-2-8-20-38/h1-34H. The Balaban J connectivity index is 1.04. The summed E-state index contributed by atoms with van der Waals surface area (Å²) in [7, 11) is 0. The average Bonchev–Trinajstić information content (AvgIpc) is 4.16. The molecule has 62 heavy (non-hydrogen) atoms. The Labute approximate surface area is 353 Å². The predicted octanol–water partition coefficient (Wildman–Crippen LogP) is 12.7. The van der Waals surface area contributed by atoms with E-state index < -0.39 is 0 Å². The Morgan fingerprint density at radius 2 is 0.613 bits per heavy atom. The first-order valence-electron chi connectivity index (χ1n) is 20.9. The highest BCUT2D eigenvalue weighted by Crippen LogP contribution is 2.40. The number of aromatic nitrogens is 8. The van der Waals surface area contributed by atoms with E-state index in [1.165, 1.54) is 0 Å². The maximum atomic E-state index is 5.49. The quantitative estimate of drug-likeness (QED) is 0.174. The van der Waals surface area contributed by atoms with E-state index in [2.05, 4.69) is 233 Å². The zero-order chi connectivity index (χ0) is 40.5. The van der Waals surface area contributed by atoms with Gasteiger partial charge in [0.1, 0.15) is 11.0 Å². The lowest BCUT2D eigenvalue weighted by molar-refractivity contribution is 1.09. The summed E-state index contributed by atoms with van der Waals surface area (Å²) in [6, 6.07) is 73.2. The van der Waals surface area contributed by atoms with Gasteiger partial charge >= 0.3 is 0 Å². The Morgan fingerprint density at radius 1 is 0.274 bits per heavy atom. The van der Waals surface area contributed by atoms with Gasteiger partial charge < -0.3 is 0 Å². The van der Waals surface area contributed by atoms with Crippen molar-refractivity contribution in [1.29, 1.82) is 0 Å². The van der Waals surface area contributed by atoms with Crippen molar-refractivity contribution in [2.75, 3.05) is 0 Å². The van der Waals surface area contributed by atoms with Gasteiger partial charge in [-0.3, -0.25) is 27.1 Å². The number of hydrogen-bond donors (Lipinski definition) is 0. The number of hydrogen-bond acceptors (Lipinski definition) is 2. The highest BCUT2D eigenvalue weighted by molar-refractivity contribution is 6.11. The summed E-state index contributed by atoms with van der Waals surface area (Å²) in [4.78, 5) is 11.0. The smallest absolute Gasteiger partial charge is 0.222 e. The van der Waals surface area contributed by atoms with Crippen LogP contribution in [0.4, 0.5) is 0 Å². The van der Waals surface area contributed by atoms with Gasteiger partial charge in [-0.2, -0.15) is 9.97 Å². The maximum Gasteiger partial charge on any atom is 0.222 e. The molecule has 0 saturated carbocycles. The van der Waals surface area contributed by atoms with Crippen LogP contribution in [0.15, 0.2) is 206 Å². The van der Waals surface area contributed by atoms with Gasteiger partial charge in [0.05, 0.1) is 33.1 Å². The first kappa shape index (κ1) is 33.2. The van der Waals surface area contributed by atoms with Crippen LogP contribution in [0, 0.1) is 0 Å². The topological polar surface area (TPSA) is 54.3 Å². The summed E-state index contributed by atoms with van der Waals surface area (Å²) < 4.78 is 13.9. The third-order valence-electron chi connectivity index (χ3n) is 12.6. The lowest BCUT2D eigenvalue weighted by Gasteiger charge is -2.09. The molecule has 0 fully saturated rings. The molecule has 0 atom stereocenters. The largest absolute Gasteiger partial charge is 0.292 e. The van der Waals surface area contributed by atoms with Crippen molar-refractivity contribution in [2.45, 2.75) is 0 Å². The molecule has 0 unspecified atom stereocenters. The molecule has 0 aliphatic rings. The number of benzene rings is 8. The zero-order valence-electron chi connectivity index (χ0n) is 33.2. The van der Waals surface area contributed by atoms with Crippen molar-refractivity contribution in [3.8, 4) is 33.9 Å². The third-order valence-corrected chi connectivity index (χ3v) is 12.6. The fourth-order valence-corrected chi connectivity index (χ4v) is 10.0. The van der Waals surface area contributed by atoms with E-state index in [1.807, 2.05) is 0 Å². The van der Waals surface area contributed by atoms with Crippen molar-refractivity contribution < 1.29 is 0 Å². The summed E-state index contributed by atoms with van der Waals surface area (Å²) in [5.41, 5.74) is 17.2. The highest BCUT2D eigenvalue weighted by Gasteiger charge is 2.26. The van der Waals surface area contributed by atoms with Gasteiger partial charge in [0, 0.05) is 33.5 Å². The highest BCUT2D eigenvalue weighted by atomic mass is 15.3. The molecule has 14 rings (SSSR count). The molecule has 290 valence electrons. The second kappa shape index (κ2) is 12.5. The van der Waals surface area contributed by atoms with Crippen molar-refractivity contribution in [2.24, 2.45) is 0 Å². The van der Waals surface area contributed by atoms with Gasteiger partial charge in [-0.05, 0) is 96.1 Å². The lowest BCUT2D eigenvalue weighted by Crippen LogP contribution is -1.97. The van der Waals surface area contributed by atoms with Gasteiger partial charge in [0.15, 0.2) is 11.3 Å². The Kier molecular flexibility index (Phi) is 6.68. The molecular formula is C54H34N8. The predicted molar refractivity (Wildman–Crippen MR) is 252 cm³/mol. The van der Waals surface area contributed by atoms with Crippen LogP contribution in [0.2, 0.25) is 0 Å². The Morgan fingerprint density at radius 3 is 1.00 bits per heavy atom. The van der Waals surface area contributed by atoms with Crippen LogP contribution >= 0.6 is 0 Å². The Bertz CT molecular complexity index is 3800. The summed E-state index contributed by atoms with van der Waals surface area (Å²) in [6.45, 7) is 0. The first-order chi connectivity index (χ1) is 30.8. The monoisotopic (exact) mass is 794 g/mol. The molecule has 8 heteroatoms. The van der Waals surface area contributed by atoms with Crippen LogP contribution < -0.4 is 0 Å². The number of fused-ring (bicyclic) bond motifs is 14. The number of nitrogens with zero attached hydrogens (tertiary/aromatic N) is 8. The van der Waals surface area contributed by atoms with Gasteiger partial charge in [0.25, 0.3) is 0 Å². The molecule has 0 bridgehead atoms. The fraction of sp³-hybridized carbons (Fsp3) is 0. The molecule has 0 saturated heterocycles. The third kappa shape index (κ3) is 4.44. The molecule has 0 N–H and O–H groups in total. The van der Waals surface area contributed by atoms with Gasteiger partial charge in [-0.1, -0.05) is 121 Å². The molecule has 0 aliphatic heterocycles. The second-order valence-corrected chi connectivity index (χ2v) is 16.0. The summed E-state index contributed by atoms with van der Waals surface area (Å²) in [5, 5.41) is 2.32. The molecule has 6 aromatic heterocycles. The number of rotatable bonds is 5. The van der Waals surface area contributed by atoms with Crippen LogP contribution in [-0.2, 0) is 0 Å². The molecule has 14 aromatic rings. The van der Waals surface area contributed by atoms with Gasteiger partial charge in [-0.15, -0.1) is 0 Å².